The molecule has 1 saturated carbocycles. The first-order valence-corrected chi connectivity index (χ1v) is 12.1. The average Bonchev–Trinajstić information content (AvgIpc) is 3.28. The SMILES string of the molecule is CC[C@]1(C(=O)N2CCN(c3nccc(C(F)(F)F)n3)CC2)CC[C@@H](N[C@@H]2CCOCC2OC)C1. The average molecular weight is 486 g/mol. The van der Waals surface area contributed by atoms with Crippen LogP contribution in [0.5, 0.6) is 0 Å². The van der Waals surface area contributed by atoms with Crippen LogP contribution in [-0.2, 0) is 20.4 Å². The summed E-state index contributed by atoms with van der Waals surface area (Å²) in [4.78, 5) is 24.9. The van der Waals surface area contributed by atoms with Gasteiger partial charge in [-0.15, -0.1) is 0 Å². The van der Waals surface area contributed by atoms with Gasteiger partial charge in [-0.05, 0) is 38.2 Å². The Balaban J connectivity index is 1.35. The number of rotatable bonds is 6. The molecular formula is C23H34F3N5O3. The van der Waals surface area contributed by atoms with E-state index in [1.807, 2.05) is 4.90 Å². The van der Waals surface area contributed by atoms with Crippen molar-refractivity contribution in [1.29, 1.82) is 0 Å². The zero-order valence-corrected chi connectivity index (χ0v) is 19.8. The molecule has 4 rings (SSSR count). The zero-order chi connectivity index (χ0) is 24.3. The normalized spacial score (nSPS) is 30.6. The molecule has 1 aliphatic carbocycles. The lowest BCUT2D eigenvalue weighted by atomic mass is 9.81. The van der Waals surface area contributed by atoms with Crippen molar-refractivity contribution >= 4 is 11.9 Å². The summed E-state index contributed by atoms with van der Waals surface area (Å²) in [5.74, 6) is 0.209. The number of carbonyl (C=O) groups is 1. The van der Waals surface area contributed by atoms with Gasteiger partial charge in [0.15, 0.2) is 0 Å². The van der Waals surface area contributed by atoms with E-state index in [2.05, 4.69) is 22.2 Å². The minimum atomic E-state index is -4.51. The number of halogens is 3. The van der Waals surface area contributed by atoms with Crippen LogP contribution >= 0.6 is 0 Å². The maximum absolute atomic E-state index is 13.6. The molecular weight excluding hydrogens is 451 g/mol. The van der Waals surface area contributed by atoms with Gasteiger partial charge in [0.25, 0.3) is 0 Å². The number of hydrogen-bond donors (Lipinski definition) is 1. The van der Waals surface area contributed by atoms with Crippen LogP contribution in [0.25, 0.3) is 0 Å². The Morgan fingerprint density at radius 3 is 2.74 bits per heavy atom. The Hall–Kier alpha value is -1.98. The molecule has 2 saturated heterocycles. The van der Waals surface area contributed by atoms with Crippen LogP contribution in [0.1, 0.15) is 44.7 Å². The molecule has 1 N–H and O–H groups in total. The van der Waals surface area contributed by atoms with Crippen LogP contribution in [0.3, 0.4) is 0 Å². The Labute approximate surface area is 198 Å². The number of nitrogens with zero attached hydrogens (tertiary/aromatic N) is 4. The van der Waals surface area contributed by atoms with Gasteiger partial charge in [-0.25, -0.2) is 9.97 Å². The lowest BCUT2D eigenvalue weighted by molar-refractivity contribution is -0.142. The maximum atomic E-state index is 13.6. The molecule has 3 fully saturated rings. The summed E-state index contributed by atoms with van der Waals surface area (Å²) in [5.41, 5.74) is -1.36. The van der Waals surface area contributed by atoms with Gasteiger partial charge < -0.3 is 24.6 Å². The predicted octanol–water partition coefficient (Wildman–Crippen LogP) is 2.49. The van der Waals surface area contributed by atoms with Crippen LogP contribution < -0.4 is 10.2 Å². The van der Waals surface area contributed by atoms with Gasteiger partial charge in [0.05, 0.1) is 18.1 Å². The molecule has 0 bridgehead atoms. The Bertz CT molecular complexity index is 849. The van der Waals surface area contributed by atoms with Gasteiger partial charge in [0, 0.05) is 58.2 Å². The highest BCUT2D eigenvalue weighted by Gasteiger charge is 2.47. The van der Waals surface area contributed by atoms with Gasteiger partial charge in [-0.3, -0.25) is 4.79 Å². The first kappa shape index (κ1) is 25.1. The smallest absolute Gasteiger partial charge is 0.379 e. The van der Waals surface area contributed by atoms with Crippen LogP contribution in [0.2, 0.25) is 0 Å². The van der Waals surface area contributed by atoms with E-state index < -0.39 is 17.3 Å². The van der Waals surface area contributed by atoms with Crippen molar-refractivity contribution in [2.45, 2.75) is 63.4 Å². The number of amides is 1. The molecule has 2 aliphatic heterocycles. The summed E-state index contributed by atoms with van der Waals surface area (Å²) in [6.07, 6.45) is 0.851. The zero-order valence-electron chi connectivity index (χ0n) is 19.8. The molecule has 34 heavy (non-hydrogen) atoms. The molecule has 1 unspecified atom stereocenters. The number of nitrogens with one attached hydrogen (secondary N) is 1. The number of hydrogen-bond acceptors (Lipinski definition) is 7. The lowest BCUT2D eigenvalue weighted by Gasteiger charge is -2.40. The number of aromatic nitrogens is 2. The molecule has 3 aliphatic rings. The van der Waals surface area contributed by atoms with E-state index in [0.29, 0.717) is 39.4 Å². The summed E-state index contributed by atoms with van der Waals surface area (Å²) >= 11 is 0. The largest absolute Gasteiger partial charge is 0.433 e. The molecule has 1 aromatic rings. The summed E-state index contributed by atoms with van der Waals surface area (Å²) in [6, 6.07) is 1.35. The molecule has 0 radical (unpaired) electrons. The maximum Gasteiger partial charge on any atom is 0.433 e. The summed E-state index contributed by atoms with van der Waals surface area (Å²) in [5, 5.41) is 3.72. The van der Waals surface area contributed by atoms with Crippen molar-refractivity contribution in [1.82, 2.24) is 20.2 Å². The molecule has 0 aromatic carbocycles. The molecule has 3 heterocycles. The van der Waals surface area contributed by atoms with E-state index in [-0.39, 0.29) is 30.0 Å². The van der Waals surface area contributed by atoms with E-state index in [1.165, 1.54) is 0 Å². The fourth-order valence-electron chi connectivity index (χ4n) is 5.48. The van der Waals surface area contributed by atoms with Crippen molar-refractivity contribution in [3.05, 3.63) is 18.0 Å². The van der Waals surface area contributed by atoms with Crippen molar-refractivity contribution in [3.63, 3.8) is 0 Å². The third kappa shape index (κ3) is 5.31. The van der Waals surface area contributed by atoms with E-state index in [9.17, 15) is 18.0 Å². The number of carbonyl (C=O) groups excluding carboxylic acids is 1. The van der Waals surface area contributed by atoms with Crippen molar-refractivity contribution in [3.8, 4) is 0 Å². The van der Waals surface area contributed by atoms with Gasteiger partial charge in [0.1, 0.15) is 5.69 Å². The predicted molar refractivity (Wildman–Crippen MR) is 119 cm³/mol. The quantitative estimate of drug-likeness (QED) is 0.663. The highest BCUT2D eigenvalue weighted by Crippen LogP contribution is 2.43. The fraction of sp³-hybridized carbons (Fsp3) is 0.783. The van der Waals surface area contributed by atoms with E-state index in [1.54, 1.807) is 12.0 Å². The van der Waals surface area contributed by atoms with Crippen molar-refractivity contribution < 1.29 is 27.4 Å². The molecule has 1 amide bonds. The molecule has 4 atom stereocenters. The molecule has 0 spiro atoms. The minimum absolute atomic E-state index is 0.0206. The first-order valence-electron chi connectivity index (χ1n) is 12.1. The summed E-state index contributed by atoms with van der Waals surface area (Å²) < 4.78 is 50.1. The highest BCUT2D eigenvalue weighted by molar-refractivity contribution is 5.83. The highest BCUT2D eigenvalue weighted by atomic mass is 19.4. The molecule has 1 aromatic heterocycles. The van der Waals surface area contributed by atoms with Gasteiger partial charge in [-0.2, -0.15) is 13.2 Å². The Morgan fingerprint density at radius 1 is 1.29 bits per heavy atom. The van der Waals surface area contributed by atoms with Crippen LogP contribution in [0.4, 0.5) is 19.1 Å². The second kappa shape index (κ2) is 10.3. The van der Waals surface area contributed by atoms with E-state index in [0.717, 1.165) is 44.4 Å². The van der Waals surface area contributed by atoms with Crippen LogP contribution in [0.15, 0.2) is 12.3 Å². The topological polar surface area (TPSA) is 79.8 Å². The number of methoxy groups -OCH3 is 1. The standard InChI is InChI=1S/C23H34F3N5O3/c1-3-22(7-4-16(14-22)28-17-6-13-34-15-18(17)33-2)20(32)30-9-11-31(12-10-30)21-27-8-5-19(29-21)23(24,25)26/h5,8,16-18,28H,3-4,6-7,9-15H2,1-2H3/t16-,17-,18?,22+/m1/s1. The van der Waals surface area contributed by atoms with Gasteiger partial charge in [0.2, 0.25) is 11.9 Å². The Kier molecular flexibility index (Phi) is 7.63. The summed E-state index contributed by atoms with van der Waals surface area (Å²) in [6.45, 7) is 5.08. The van der Waals surface area contributed by atoms with E-state index in [4.69, 9.17) is 9.47 Å². The van der Waals surface area contributed by atoms with Crippen molar-refractivity contribution in [2.24, 2.45) is 5.41 Å². The summed E-state index contributed by atoms with van der Waals surface area (Å²) in [7, 11) is 1.70. The third-order valence-electron chi connectivity index (χ3n) is 7.58. The molecule has 8 nitrogen and oxygen atoms in total. The number of piperazine rings is 1. The molecule has 11 heteroatoms. The third-order valence-corrected chi connectivity index (χ3v) is 7.58. The second-order valence-corrected chi connectivity index (χ2v) is 9.50. The monoisotopic (exact) mass is 485 g/mol. The lowest BCUT2D eigenvalue weighted by Crippen LogP contribution is -2.54. The van der Waals surface area contributed by atoms with Crippen molar-refractivity contribution in [2.75, 3.05) is 51.4 Å². The first-order chi connectivity index (χ1) is 16.3. The minimum Gasteiger partial charge on any atom is -0.379 e. The van der Waals surface area contributed by atoms with E-state index >= 15 is 0 Å². The number of alkyl halides is 3. The second-order valence-electron chi connectivity index (χ2n) is 9.50. The fourth-order valence-corrected chi connectivity index (χ4v) is 5.48. The van der Waals surface area contributed by atoms with Gasteiger partial charge >= 0.3 is 6.18 Å². The Morgan fingerprint density at radius 2 is 2.06 bits per heavy atom. The number of anilines is 1. The number of ether oxygens (including phenoxy) is 2. The van der Waals surface area contributed by atoms with Gasteiger partial charge in [-0.1, -0.05) is 6.92 Å². The van der Waals surface area contributed by atoms with Crippen LogP contribution in [0, 0.1) is 5.41 Å². The molecule has 190 valence electrons. The van der Waals surface area contributed by atoms with Crippen LogP contribution in [-0.4, -0.2) is 85.5 Å².